The SMILES string of the molecule is Cc1c(Cl)cccc1NCc1ccccc1C#N. The smallest absolute Gasteiger partial charge is 0.0995 e. The number of rotatable bonds is 3. The van der Waals surface area contributed by atoms with Crippen molar-refractivity contribution in [1.29, 1.82) is 5.26 Å². The fourth-order valence-electron chi connectivity index (χ4n) is 1.77. The number of benzene rings is 2. The van der Waals surface area contributed by atoms with E-state index in [4.69, 9.17) is 16.9 Å². The van der Waals surface area contributed by atoms with E-state index in [0.717, 1.165) is 21.8 Å². The quantitative estimate of drug-likeness (QED) is 0.896. The van der Waals surface area contributed by atoms with Crippen LogP contribution >= 0.6 is 11.6 Å². The molecule has 0 aliphatic rings. The van der Waals surface area contributed by atoms with Gasteiger partial charge >= 0.3 is 0 Å². The molecule has 2 aromatic carbocycles. The van der Waals surface area contributed by atoms with Crippen LogP contribution in [0.1, 0.15) is 16.7 Å². The molecule has 18 heavy (non-hydrogen) atoms. The van der Waals surface area contributed by atoms with Gasteiger partial charge in [-0.2, -0.15) is 5.26 Å². The number of nitrogens with one attached hydrogen (secondary N) is 1. The molecule has 0 amide bonds. The van der Waals surface area contributed by atoms with Gasteiger partial charge in [0.05, 0.1) is 11.6 Å². The largest absolute Gasteiger partial charge is 0.381 e. The molecule has 2 aromatic rings. The molecule has 0 radical (unpaired) electrons. The molecule has 0 fully saturated rings. The van der Waals surface area contributed by atoms with E-state index in [0.29, 0.717) is 12.1 Å². The van der Waals surface area contributed by atoms with Gasteiger partial charge in [0.1, 0.15) is 0 Å². The Hall–Kier alpha value is -1.98. The summed E-state index contributed by atoms with van der Waals surface area (Å²) in [7, 11) is 0. The number of hydrogen-bond donors (Lipinski definition) is 1. The summed E-state index contributed by atoms with van der Waals surface area (Å²) in [5.41, 5.74) is 3.70. The molecule has 0 saturated carbocycles. The molecule has 0 saturated heterocycles. The van der Waals surface area contributed by atoms with Crippen LogP contribution in [0.3, 0.4) is 0 Å². The Morgan fingerprint density at radius 3 is 2.72 bits per heavy atom. The molecule has 0 heterocycles. The van der Waals surface area contributed by atoms with Gasteiger partial charge in [0.2, 0.25) is 0 Å². The van der Waals surface area contributed by atoms with E-state index < -0.39 is 0 Å². The minimum Gasteiger partial charge on any atom is -0.381 e. The lowest BCUT2D eigenvalue weighted by molar-refractivity contribution is 1.13. The summed E-state index contributed by atoms with van der Waals surface area (Å²) in [6.45, 7) is 2.59. The molecule has 0 spiro atoms. The second-order valence-corrected chi connectivity index (χ2v) is 4.44. The Bertz CT molecular complexity index is 600. The van der Waals surface area contributed by atoms with Crippen molar-refractivity contribution in [2.24, 2.45) is 0 Å². The Labute approximate surface area is 112 Å². The van der Waals surface area contributed by atoms with Crippen LogP contribution in [0.15, 0.2) is 42.5 Å². The van der Waals surface area contributed by atoms with Crippen molar-refractivity contribution in [3.8, 4) is 6.07 Å². The second kappa shape index (κ2) is 5.57. The number of nitrogens with zero attached hydrogens (tertiary/aromatic N) is 1. The van der Waals surface area contributed by atoms with E-state index in [1.807, 2.05) is 49.4 Å². The van der Waals surface area contributed by atoms with Crippen molar-refractivity contribution in [2.75, 3.05) is 5.32 Å². The van der Waals surface area contributed by atoms with Gasteiger partial charge in [0.15, 0.2) is 0 Å². The standard InChI is InChI=1S/C15H13ClN2/c1-11-14(16)7-4-8-15(11)18-10-13-6-3-2-5-12(13)9-17/h2-8,18H,10H2,1H3. The molecule has 0 unspecified atom stereocenters. The number of nitriles is 1. The van der Waals surface area contributed by atoms with E-state index >= 15 is 0 Å². The summed E-state index contributed by atoms with van der Waals surface area (Å²) in [6.07, 6.45) is 0. The van der Waals surface area contributed by atoms with Crippen LogP contribution in [-0.2, 0) is 6.54 Å². The van der Waals surface area contributed by atoms with E-state index in [2.05, 4.69) is 11.4 Å². The Kier molecular flexibility index (Phi) is 3.86. The van der Waals surface area contributed by atoms with Gasteiger partial charge in [-0.1, -0.05) is 35.9 Å². The summed E-state index contributed by atoms with van der Waals surface area (Å²) < 4.78 is 0. The van der Waals surface area contributed by atoms with Crippen LogP contribution in [-0.4, -0.2) is 0 Å². The van der Waals surface area contributed by atoms with Crippen molar-refractivity contribution >= 4 is 17.3 Å². The van der Waals surface area contributed by atoms with Crippen molar-refractivity contribution in [2.45, 2.75) is 13.5 Å². The summed E-state index contributed by atoms with van der Waals surface area (Å²) in [6, 6.07) is 15.5. The topological polar surface area (TPSA) is 35.8 Å². The van der Waals surface area contributed by atoms with Crippen LogP contribution < -0.4 is 5.32 Å². The first-order valence-corrected chi connectivity index (χ1v) is 6.07. The van der Waals surface area contributed by atoms with Crippen LogP contribution in [0.5, 0.6) is 0 Å². The lowest BCUT2D eigenvalue weighted by atomic mass is 10.1. The maximum absolute atomic E-state index is 9.02. The van der Waals surface area contributed by atoms with Crippen molar-refractivity contribution in [3.05, 3.63) is 64.2 Å². The van der Waals surface area contributed by atoms with Crippen LogP contribution in [0.4, 0.5) is 5.69 Å². The first-order valence-electron chi connectivity index (χ1n) is 5.69. The summed E-state index contributed by atoms with van der Waals surface area (Å²) in [4.78, 5) is 0. The maximum Gasteiger partial charge on any atom is 0.0995 e. The van der Waals surface area contributed by atoms with Gasteiger partial charge in [0, 0.05) is 17.3 Å². The highest BCUT2D eigenvalue weighted by molar-refractivity contribution is 6.31. The fourth-order valence-corrected chi connectivity index (χ4v) is 1.95. The van der Waals surface area contributed by atoms with Crippen LogP contribution in [0, 0.1) is 18.3 Å². The van der Waals surface area contributed by atoms with Gasteiger partial charge < -0.3 is 5.32 Å². The molecule has 3 heteroatoms. The zero-order chi connectivity index (χ0) is 13.0. The summed E-state index contributed by atoms with van der Waals surface area (Å²) in [5, 5.41) is 13.1. The van der Waals surface area contributed by atoms with Crippen molar-refractivity contribution in [1.82, 2.24) is 0 Å². The molecule has 1 N–H and O–H groups in total. The molecule has 0 bridgehead atoms. The molecule has 2 rings (SSSR count). The van der Waals surface area contributed by atoms with E-state index in [1.165, 1.54) is 0 Å². The number of anilines is 1. The predicted octanol–water partition coefficient (Wildman–Crippen LogP) is 4.13. The third-order valence-corrected chi connectivity index (χ3v) is 3.28. The molecule has 0 aliphatic heterocycles. The van der Waals surface area contributed by atoms with Crippen LogP contribution in [0.2, 0.25) is 5.02 Å². The summed E-state index contributed by atoms with van der Waals surface area (Å²) in [5.74, 6) is 0. The summed E-state index contributed by atoms with van der Waals surface area (Å²) >= 11 is 6.06. The Morgan fingerprint density at radius 2 is 1.94 bits per heavy atom. The monoisotopic (exact) mass is 256 g/mol. The molecule has 0 aliphatic carbocycles. The van der Waals surface area contributed by atoms with Gasteiger partial charge in [-0.05, 0) is 36.2 Å². The van der Waals surface area contributed by atoms with Crippen LogP contribution in [0.25, 0.3) is 0 Å². The Balaban J connectivity index is 2.17. The fraction of sp³-hybridized carbons (Fsp3) is 0.133. The molecular formula is C15H13ClN2. The van der Waals surface area contributed by atoms with Gasteiger partial charge in [-0.15, -0.1) is 0 Å². The molecule has 0 aromatic heterocycles. The second-order valence-electron chi connectivity index (χ2n) is 4.03. The molecular weight excluding hydrogens is 244 g/mol. The first kappa shape index (κ1) is 12.5. The van der Waals surface area contributed by atoms with Gasteiger partial charge in [-0.25, -0.2) is 0 Å². The lowest BCUT2D eigenvalue weighted by Crippen LogP contribution is -2.02. The molecule has 0 atom stereocenters. The van der Waals surface area contributed by atoms with Crippen molar-refractivity contribution < 1.29 is 0 Å². The molecule has 90 valence electrons. The maximum atomic E-state index is 9.02. The third kappa shape index (κ3) is 2.64. The highest BCUT2D eigenvalue weighted by Crippen LogP contribution is 2.23. The molecule has 2 nitrogen and oxygen atoms in total. The highest BCUT2D eigenvalue weighted by Gasteiger charge is 2.03. The van der Waals surface area contributed by atoms with E-state index in [1.54, 1.807) is 0 Å². The normalized spacial score (nSPS) is 9.83. The minimum absolute atomic E-state index is 0.616. The lowest BCUT2D eigenvalue weighted by Gasteiger charge is -2.11. The first-order chi connectivity index (χ1) is 8.72. The third-order valence-electron chi connectivity index (χ3n) is 2.87. The predicted molar refractivity (Wildman–Crippen MR) is 74.7 cm³/mol. The zero-order valence-electron chi connectivity index (χ0n) is 10.1. The van der Waals surface area contributed by atoms with E-state index in [-0.39, 0.29) is 0 Å². The Morgan fingerprint density at radius 1 is 1.17 bits per heavy atom. The van der Waals surface area contributed by atoms with Crippen molar-refractivity contribution in [3.63, 3.8) is 0 Å². The minimum atomic E-state index is 0.616. The van der Waals surface area contributed by atoms with E-state index in [9.17, 15) is 0 Å². The van der Waals surface area contributed by atoms with Gasteiger partial charge in [-0.3, -0.25) is 0 Å². The highest BCUT2D eigenvalue weighted by atomic mass is 35.5. The van der Waals surface area contributed by atoms with Gasteiger partial charge in [0.25, 0.3) is 0 Å². The average molecular weight is 257 g/mol. The number of halogens is 1. The zero-order valence-corrected chi connectivity index (χ0v) is 10.8. The average Bonchev–Trinajstić information content (AvgIpc) is 2.41. The number of hydrogen-bond acceptors (Lipinski definition) is 2.